The van der Waals surface area contributed by atoms with Crippen molar-refractivity contribution >= 4 is 29.9 Å². The molecule has 23 heavy (non-hydrogen) atoms. The van der Waals surface area contributed by atoms with Gasteiger partial charge in [-0.05, 0) is 62.4 Å². The van der Waals surface area contributed by atoms with Crippen LogP contribution in [0.4, 0.5) is 0 Å². The predicted molar refractivity (Wildman–Crippen MR) is 97.1 cm³/mol. The van der Waals surface area contributed by atoms with E-state index in [9.17, 15) is 4.79 Å². The number of carbonyl (C=O) groups is 1. The Kier molecular flexibility index (Phi) is 7.19. The zero-order chi connectivity index (χ0) is 15.4. The smallest absolute Gasteiger partial charge is 0.223 e. The normalized spacial score (nSPS) is 20.7. The maximum Gasteiger partial charge on any atom is 0.223 e. The molecule has 1 atom stereocenters. The Hall–Kier alpha value is -0.770. The fourth-order valence-corrected chi connectivity index (χ4v) is 3.92. The summed E-state index contributed by atoms with van der Waals surface area (Å²) in [6.07, 6.45) is 6.86. The summed E-state index contributed by atoms with van der Waals surface area (Å²) >= 11 is 6.01. The van der Waals surface area contributed by atoms with E-state index >= 15 is 0 Å². The van der Waals surface area contributed by atoms with Gasteiger partial charge < -0.3 is 10.6 Å². The fourth-order valence-electron chi connectivity index (χ4n) is 3.79. The summed E-state index contributed by atoms with van der Waals surface area (Å²) in [5.41, 5.74) is 1.19. The molecule has 2 N–H and O–H groups in total. The number of piperidine rings is 1. The van der Waals surface area contributed by atoms with E-state index in [0.29, 0.717) is 5.92 Å². The first-order chi connectivity index (χ1) is 10.7. The van der Waals surface area contributed by atoms with Gasteiger partial charge in [0.05, 0.1) is 6.04 Å². The third kappa shape index (κ3) is 4.85. The Morgan fingerprint density at radius 3 is 2.30 bits per heavy atom. The second-order valence-electron chi connectivity index (χ2n) is 6.61. The van der Waals surface area contributed by atoms with E-state index in [4.69, 9.17) is 11.6 Å². The first kappa shape index (κ1) is 18.6. The molecular weight excluding hydrogens is 331 g/mol. The van der Waals surface area contributed by atoms with Crippen LogP contribution in [0.5, 0.6) is 0 Å². The summed E-state index contributed by atoms with van der Waals surface area (Å²) in [5.74, 6) is 0.956. The molecule has 0 radical (unpaired) electrons. The number of hydrogen-bond donors (Lipinski definition) is 2. The van der Waals surface area contributed by atoms with Crippen molar-refractivity contribution < 1.29 is 4.79 Å². The van der Waals surface area contributed by atoms with Gasteiger partial charge in [-0.25, -0.2) is 0 Å². The molecule has 3 nitrogen and oxygen atoms in total. The van der Waals surface area contributed by atoms with Crippen LogP contribution in [-0.4, -0.2) is 19.0 Å². The Labute approximate surface area is 150 Å². The SMILES string of the molecule is Cl.O=C(NC(c1ccc(Cl)cc1)C1CCCC1)C1CCNCC1. The quantitative estimate of drug-likeness (QED) is 0.852. The summed E-state index contributed by atoms with van der Waals surface area (Å²) in [6, 6.07) is 8.12. The van der Waals surface area contributed by atoms with Crippen LogP contribution < -0.4 is 10.6 Å². The Morgan fingerprint density at radius 2 is 1.70 bits per heavy atom. The first-order valence-electron chi connectivity index (χ1n) is 8.50. The Balaban J connectivity index is 0.00000192. The van der Waals surface area contributed by atoms with Crippen LogP contribution in [0.2, 0.25) is 5.02 Å². The molecule has 128 valence electrons. The van der Waals surface area contributed by atoms with E-state index in [0.717, 1.165) is 31.0 Å². The molecule has 0 bridgehead atoms. The number of nitrogens with one attached hydrogen (secondary N) is 2. The maximum atomic E-state index is 12.6. The van der Waals surface area contributed by atoms with Crippen LogP contribution in [-0.2, 0) is 4.79 Å². The molecule has 0 spiro atoms. The highest BCUT2D eigenvalue weighted by Gasteiger charge is 2.30. The molecule has 1 saturated heterocycles. The largest absolute Gasteiger partial charge is 0.349 e. The van der Waals surface area contributed by atoms with Gasteiger partial charge in [-0.2, -0.15) is 0 Å². The number of benzene rings is 1. The average Bonchev–Trinajstić information content (AvgIpc) is 3.08. The highest BCUT2D eigenvalue weighted by molar-refractivity contribution is 6.30. The molecule has 0 aromatic heterocycles. The lowest BCUT2D eigenvalue weighted by Gasteiger charge is -2.29. The minimum Gasteiger partial charge on any atom is -0.349 e. The van der Waals surface area contributed by atoms with Crippen LogP contribution >= 0.6 is 24.0 Å². The van der Waals surface area contributed by atoms with Gasteiger partial charge in [-0.1, -0.05) is 36.6 Å². The number of halogens is 2. The molecule has 2 aliphatic rings. The Morgan fingerprint density at radius 1 is 1.09 bits per heavy atom. The zero-order valence-corrected chi connectivity index (χ0v) is 15.0. The third-order valence-electron chi connectivity index (χ3n) is 5.11. The molecule has 1 aromatic carbocycles. The van der Waals surface area contributed by atoms with Crippen molar-refractivity contribution in [1.82, 2.24) is 10.6 Å². The fraction of sp³-hybridized carbons (Fsp3) is 0.611. The molecule has 5 heteroatoms. The summed E-state index contributed by atoms with van der Waals surface area (Å²) < 4.78 is 0. The van der Waals surface area contributed by atoms with E-state index in [-0.39, 0.29) is 30.3 Å². The van der Waals surface area contributed by atoms with Crippen molar-refractivity contribution in [3.63, 3.8) is 0 Å². The Bertz CT molecular complexity index is 494. The van der Waals surface area contributed by atoms with Gasteiger partial charge in [0, 0.05) is 10.9 Å². The second kappa shape index (κ2) is 8.91. The molecule has 1 saturated carbocycles. The summed E-state index contributed by atoms with van der Waals surface area (Å²) in [7, 11) is 0. The lowest BCUT2D eigenvalue weighted by molar-refractivity contribution is -0.126. The van der Waals surface area contributed by atoms with Crippen LogP contribution in [0.3, 0.4) is 0 Å². The molecule has 1 aliphatic carbocycles. The second-order valence-corrected chi connectivity index (χ2v) is 7.04. The molecular formula is C18H26Cl2N2O. The standard InChI is InChI=1S/C18H25ClN2O.ClH/c19-16-7-5-14(6-8-16)17(13-3-1-2-4-13)21-18(22)15-9-11-20-12-10-15;/h5-8,13,15,17,20H,1-4,9-12H2,(H,21,22);1H. The summed E-state index contributed by atoms with van der Waals surface area (Å²) in [6.45, 7) is 1.90. The highest BCUT2D eigenvalue weighted by Crippen LogP contribution is 2.36. The molecule has 1 unspecified atom stereocenters. The lowest BCUT2D eigenvalue weighted by atomic mass is 9.90. The van der Waals surface area contributed by atoms with Gasteiger partial charge in [0.15, 0.2) is 0 Å². The molecule has 1 heterocycles. The summed E-state index contributed by atoms with van der Waals surface area (Å²) in [4.78, 5) is 12.6. The topological polar surface area (TPSA) is 41.1 Å². The molecule has 2 fully saturated rings. The molecule has 1 aromatic rings. The van der Waals surface area contributed by atoms with Crippen molar-refractivity contribution in [3.05, 3.63) is 34.9 Å². The van der Waals surface area contributed by atoms with Crippen molar-refractivity contribution in [2.75, 3.05) is 13.1 Å². The van der Waals surface area contributed by atoms with Gasteiger partial charge in [0.25, 0.3) is 0 Å². The van der Waals surface area contributed by atoms with E-state index in [2.05, 4.69) is 22.8 Å². The number of rotatable bonds is 4. The van der Waals surface area contributed by atoms with Crippen molar-refractivity contribution in [2.45, 2.75) is 44.6 Å². The van der Waals surface area contributed by atoms with Crippen molar-refractivity contribution in [2.24, 2.45) is 11.8 Å². The number of carbonyl (C=O) groups excluding carboxylic acids is 1. The van der Waals surface area contributed by atoms with Crippen LogP contribution in [0.1, 0.15) is 50.1 Å². The molecule has 1 aliphatic heterocycles. The molecule has 1 amide bonds. The van der Waals surface area contributed by atoms with Gasteiger partial charge in [-0.15, -0.1) is 12.4 Å². The van der Waals surface area contributed by atoms with Gasteiger partial charge in [0.1, 0.15) is 0 Å². The average molecular weight is 357 g/mol. The van der Waals surface area contributed by atoms with Gasteiger partial charge in [-0.3, -0.25) is 4.79 Å². The van der Waals surface area contributed by atoms with E-state index < -0.39 is 0 Å². The first-order valence-corrected chi connectivity index (χ1v) is 8.88. The number of amides is 1. The highest BCUT2D eigenvalue weighted by atomic mass is 35.5. The van der Waals surface area contributed by atoms with Crippen molar-refractivity contribution in [1.29, 1.82) is 0 Å². The van der Waals surface area contributed by atoms with E-state index in [1.54, 1.807) is 0 Å². The minimum absolute atomic E-state index is 0. The van der Waals surface area contributed by atoms with Crippen LogP contribution in [0.25, 0.3) is 0 Å². The van der Waals surface area contributed by atoms with Crippen molar-refractivity contribution in [3.8, 4) is 0 Å². The van der Waals surface area contributed by atoms with E-state index in [1.165, 1.54) is 31.2 Å². The number of hydrogen-bond acceptors (Lipinski definition) is 2. The van der Waals surface area contributed by atoms with E-state index in [1.807, 2.05) is 12.1 Å². The monoisotopic (exact) mass is 356 g/mol. The maximum absolute atomic E-state index is 12.6. The lowest BCUT2D eigenvalue weighted by Crippen LogP contribution is -2.41. The van der Waals surface area contributed by atoms with Gasteiger partial charge >= 0.3 is 0 Å². The van der Waals surface area contributed by atoms with Crippen LogP contribution in [0, 0.1) is 11.8 Å². The van der Waals surface area contributed by atoms with Gasteiger partial charge in [0.2, 0.25) is 5.91 Å². The third-order valence-corrected chi connectivity index (χ3v) is 5.36. The summed E-state index contributed by atoms with van der Waals surface area (Å²) in [5, 5.41) is 7.42. The van der Waals surface area contributed by atoms with Crippen LogP contribution in [0.15, 0.2) is 24.3 Å². The predicted octanol–water partition coefficient (Wildman–Crippen LogP) is 4.11. The zero-order valence-electron chi connectivity index (χ0n) is 13.4. The minimum atomic E-state index is 0. The molecule has 3 rings (SSSR count).